The minimum Gasteiger partial charge on any atom is -0.338 e. The molecule has 1 N–H and O–H groups in total. The number of ether oxygens (including phenoxy) is 2. The zero-order valence-corrected chi connectivity index (χ0v) is 9.71. The van der Waals surface area contributed by atoms with E-state index in [0.717, 1.165) is 6.07 Å². The van der Waals surface area contributed by atoms with Crippen molar-refractivity contribution in [2.24, 2.45) is 0 Å². The van der Waals surface area contributed by atoms with Crippen LogP contribution >= 0.6 is 0 Å². The summed E-state index contributed by atoms with van der Waals surface area (Å²) in [6.07, 6.45) is -3.94. The molecule has 1 spiro atoms. The maximum absolute atomic E-state index is 12.9. The molecular weight excluding hydrogens is 263 g/mol. The number of carbonyl (C=O) groups is 1. The second-order valence-electron chi connectivity index (χ2n) is 4.35. The van der Waals surface area contributed by atoms with Gasteiger partial charge in [0, 0.05) is 5.56 Å². The largest absolute Gasteiger partial charge is 0.418 e. The molecular formula is C12H10F3NO3. The lowest BCUT2D eigenvalue weighted by Crippen LogP contribution is -2.43. The summed E-state index contributed by atoms with van der Waals surface area (Å²) in [5.41, 5.74) is -1.08. The van der Waals surface area contributed by atoms with Crippen molar-refractivity contribution in [3.63, 3.8) is 0 Å². The number of para-hydroxylation sites is 1. The van der Waals surface area contributed by atoms with E-state index in [9.17, 15) is 18.0 Å². The second kappa shape index (κ2) is 3.94. The van der Waals surface area contributed by atoms with E-state index in [1.807, 2.05) is 0 Å². The average molecular weight is 273 g/mol. The summed E-state index contributed by atoms with van der Waals surface area (Å²) in [4.78, 5) is 12.0. The Kier molecular flexibility index (Phi) is 2.58. The Morgan fingerprint density at radius 3 is 2.53 bits per heavy atom. The van der Waals surface area contributed by atoms with Crippen LogP contribution in [-0.4, -0.2) is 19.1 Å². The number of amides is 1. The molecule has 2 aliphatic rings. The van der Waals surface area contributed by atoms with Crippen LogP contribution in [0.1, 0.15) is 17.5 Å². The van der Waals surface area contributed by atoms with Crippen LogP contribution in [0.5, 0.6) is 0 Å². The molecule has 0 saturated carbocycles. The summed E-state index contributed by atoms with van der Waals surface area (Å²) in [6, 6.07) is 3.57. The van der Waals surface area contributed by atoms with Gasteiger partial charge in [0.15, 0.2) is 0 Å². The van der Waals surface area contributed by atoms with Crippen LogP contribution in [0.15, 0.2) is 18.2 Å². The van der Waals surface area contributed by atoms with Gasteiger partial charge in [-0.15, -0.1) is 0 Å². The highest BCUT2D eigenvalue weighted by Crippen LogP contribution is 2.47. The van der Waals surface area contributed by atoms with E-state index in [1.165, 1.54) is 12.1 Å². The molecule has 102 valence electrons. The van der Waals surface area contributed by atoms with E-state index in [-0.39, 0.29) is 24.5 Å². The number of nitrogens with one attached hydrogen (secondary N) is 1. The third-order valence-electron chi connectivity index (χ3n) is 3.16. The minimum atomic E-state index is -4.54. The van der Waals surface area contributed by atoms with Crippen LogP contribution in [-0.2, 0) is 26.2 Å². The molecule has 1 aromatic rings. The molecule has 1 saturated heterocycles. The zero-order chi connectivity index (χ0) is 13.7. The maximum atomic E-state index is 12.9. The molecule has 1 aromatic carbocycles. The van der Waals surface area contributed by atoms with Gasteiger partial charge in [-0.25, -0.2) is 0 Å². The van der Waals surface area contributed by atoms with Gasteiger partial charge in [0.25, 0.3) is 11.7 Å². The van der Waals surface area contributed by atoms with E-state index < -0.39 is 23.4 Å². The molecule has 0 radical (unpaired) electrons. The molecule has 1 fully saturated rings. The van der Waals surface area contributed by atoms with E-state index in [0.29, 0.717) is 6.42 Å². The molecule has 3 rings (SSSR count). The van der Waals surface area contributed by atoms with Crippen LogP contribution in [0, 0.1) is 0 Å². The molecule has 7 heteroatoms. The fourth-order valence-corrected chi connectivity index (χ4v) is 2.33. The Bertz CT molecular complexity index is 536. The Labute approximate surface area is 106 Å². The number of anilines is 1. The summed E-state index contributed by atoms with van der Waals surface area (Å²) in [6.45, 7) is 0.534. The first-order chi connectivity index (χ1) is 8.95. The fourth-order valence-electron chi connectivity index (χ4n) is 2.33. The Morgan fingerprint density at radius 2 is 1.89 bits per heavy atom. The van der Waals surface area contributed by atoms with Crippen molar-refractivity contribution >= 4 is 11.6 Å². The first-order valence-electron chi connectivity index (χ1n) is 5.75. The number of rotatable bonds is 0. The molecule has 0 bridgehead atoms. The first-order valence-corrected chi connectivity index (χ1v) is 5.75. The number of hydrogen-bond donors (Lipinski definition) is 1. The lowest BCUT2D eigenvalue weighted by atomic mass is 10.0. The predicted octanol–water partition coefficient (Wildman–Crippen LogP) is 2.25. The number of alkyl halides is 3. The van der Waals surface area contributed by atoms with E-state index in [2.05, 4.69) is 5.32 Å². The number of carbonyl (C=O) groups excluding carboxylic acids is 1. The van der Waals surface area contributed by atoms with E-state index in [4.69, 9.17) is 9.47 Å². The smallest absolute Gasteiger partial charge is 0.338 e. The van der Waals surface area contributed by atoms with E-state index in [1.54, 1.807) is 0 Å². The van der Waals surface area contributed by atoms with Crippen LogP contribution in [0.3, 0.4) is 0 Å². The monoisotopic (exact) mass is 273 g/mol. The van der Waals surface area contributed by atoms with Gasteiger partial charge in [-0.05, 0) is 12.5 Å². The van der Waals surface area contributed by atoms with Crippen molar-refractivity contribution in [1.29, 1.82) is 0 Å². The van der Waals surface area contributed by atoms with Gasteiger partial charge < -0.3 is 14.8 Å². The third kappa shape index (κ3) is 1.73. The Morgan fingerprint density at radius 1 is 1.21 bits per heavy atom. The lowest BCUT2D eigenvalue weighted by molar-refractivity contribution is -0.255. The van der Waals surface area contributed by atoms with Gasteiger partial charge in [-0.3, -0.25) is 4.79 Å². The van der Waals surface area contributed by atoms with Crippen molar-refractivity contribution in [1.82, 2.24) is 0 Å². The average Bonchev–Trinajstić information content (AvgIpc) is 2.63. The van der Waals surface area contributed by atoms with Gasteiger partial charge >= 0.3 is 6.18 Å². The quantitative estimate of drug-likeness (QED) is 0.788. The van der Waals surface area contributed by atoms with Gasteiger partial charge in [-0.2, -0.15) is 13.2 Å². The van der Waals surface area contributed by atoms with Gasteiger partial charge in [0.2, 0.25) is 0 Å². The van der Waals surface area contributed by atoms with Crippen LogP contribution < -0.4 is 5.32 Å². The molecule has 19 heavy (non-hydrogen) atoms. The minimum absolute atomic E-state index is 0.0898. The Balaban J connectivity index is 2.15. The molecule has 0 unspecified atom stereocenters. The van der Waals surface area contributed by atoms with Crippen molar-refractivity contribution < 1.29 is 27.4 Å². The molecule has 1 amide bonds. The maximum Gasteiger partial charge on any atom is 0.418 e. The van der Waals surface area contributed by atoms with Crippen molar-refractivity contribution in [2.45, 2.75) is 18.4 Å². The third-order valence-corrected chi connectivity index (χ3v) is 3.16. The van der Waals surface area contributed by atoms with Crippen LogP contribution in [0.2, 0.25) is 0 Å². The molecule has 2 heterocycles. The van der Waals surface area contributed by atoms with Crippen molar-refractivity contribution in [3.05, 3.63) is 29.3 Å². The highest BCUT2D eigenvalue weighted by Gasteiger charge is 2.53. The SMILES string of the molecule is O=C1Nc2c(C(F)(F)F)cccc2C12OCCCO2. The van der Waals surface area contributed by atoms with E-state index >= 15 is 0 Å². The number of fused-ring (bicyclic) bond motifs is 2. The van der Waals surface area contributed by atoms with Gasteiger partial charge in [0.05, 0.1) is 24.5 Å². The lowest BCUT2D eigenvalue weighted by Gasteiger charge is -2.31. The topological polar surface area (TPSA) is 47.6 Å². The highest BCUT2D eigenvalue weighted by molar-refractivity contribution is 6.05. The van der Waals surface area contributed by atoms with Gasteiger partial charge in [0.1, 0.15) is 0 Å². The predicted molar refractivity (Wildman–Crippen MR) is 58.3 cm³/mol. The summed E-state index contributed by atoms with van der Waals surface area (Å²) < 4.78 is 49.3. The van der Waals surface area contributed by atoms with Crippen LogP contribution in [0.25, 0.3) is 0 Å². The van der Waals surface area contributed by atoms with Crippen molar-refractivity contribution in [2.75, 3.05) is 18.5 Å². The molecule has 0 aliphatic carbocycles. The summed E-state index contributed by atoms with van der Waals surface area (Å²) in [5, 5.41) is 2.22. The summed E-state index contributed by atoms with van der Waals surface area (Å²) in [5.74, 6) is -2.44. The van der Waals surface area contributed by atoms with Gasteiger partial charge in [-0.1, -0.05) is 12.1 Å². The standard InChI is InChI=1S/C12H10F3NO3/c13-12(14,15)8-4-1-3-7-9(8)16-10(17)11(7)18-5-2-6-19-11/h1,3-4H,2,5-6H2,(H,16,17). The summed E-state index contributed by atoms with van der Waals surface area (Å²) >= 11 is 0. The first kappa shape index (κ1) is 12.4. The normalized spacial score (nSPS) is 21.3. The molecule has 2 aliphatic heterocycles. The highest BCUT2D eigenvalue weighted by atomic mass is 19.4. The Hall–Kier alpha value is -1.60. The number of hydrogen-bond acceptors (Lipinski definition) is 3. The molecule has 0 atom stereocenters. The number of halogens is 3. The summed E-state index contributed by atoms with van der Waals surface area (Å²) in [7, 11) is 0. The number of benzene rings is 1. The second-order valence-corrected chi connectivity index (χ2v) is 4.35. The zero-order valence-electron chi connectivity index (χ0n) is 9.71. The molecule has 4 nitrogen and oxygen atoms in total. The van der Waals surface area contributed by atoms with Crippen LogP contribution in [0.4, 0.5) is 18.9 Å². The fraction of sp³-hybridized carbons (Fsp3) is 0.417. The van der Waals surface area contributed by atoms with Crippen molar-refractivity contribution in [3.8, 4) is 0 Å². The molecule has 0 aromatic heterocycles.